The molecule has 0 aliphatic heterocycles. The Morgan fingerprint density at radius 1 is 1.17 bits per heavy atom. The van der Waals surface area contributed by atoms with Crippen molar-refractivity contribution in [2.75, 3.05) is 19.4 Å². The summed E-state index contributed by atoms with van der Waals surface area (Å²) in [6.45, 7) is 5.36. The first-order valence-electron chi connectivity index (χ1n) is 8.02. The number of nitrogens with zero attached hydrogens (tertiary/aromatic N) is 1. The molecule has 0 atom stereocenters. The van der Waals surface area contributed by atoms with E-state index in [9.17, 15) is 19.5 Å². The minimum absolute atomic E-state index is 0.0971. The smallest absolute Gasteiger partial charge is 0.310 e. The van der Waals surface area contributed by atoms with Crippen molar-refractivity contribution < 1.29 is 19.5 Å². The van der Waals surface area contributed by atoms with Crippen molar-refractivity contribution in [1.82, 2.24) is 4.90 Å². The van der Waals surface area contributed by atoms with E-state index in [4.69, 9.17) is 0 Å². The van der Waals surface area contributed by atoms with Gasteiger partial charge in [0.25, 0.3) is 5.91 Å². The summed E-state index contributed by atoms with van der Waals surface area (Å²) in [7, 11) is 3.33. The number of carboxylic acids is 1. The van der Waals surface area contributed by atoms with Crippen LogP contribution < -0.4 is 5.32 Å². The van der Waals surface area contributed by atoms with Crippen molar-refractivity contribution in [1.29, 1.82) is 0 Å². The normalized spacial score (nSPS) is 11.0. The molecular weight excluding hydrogens is 308 g/mol. The van der Waals surface area contributed by atoms with Crippen LogP contribution in [0.1, 0.15) is 49.0 Å². The number of amides is 2. The summed E-state index contributed by atoms with van der Waals surface area (Å²) in [5, 5.41) is 12.1. The van der Waals surface area contributed by atoms with Gasteiger partial charge in [0.1, 0.15) is 0 Å². The fraction of sp³-hybridized carbons (Fsp3) is 0.500. The van der Waals surface area contributed by atoms with E-state index < -0.39 is 11.4 Å². The maximum absolute atomic E-state index is 12.3. The van der Waals surface area contributed by atoms with Crippen LogP contribution in [0, 0.1) is 12.3 Å². The second kappa shape index (κ2) is 7.95. The summed E-state index contributed by atoms with van der Waals surface area (Å²) in [5.74, 6) is -1.48. The van der Waals surface area contributed by atoms with Gasteiger partial charge in [0.05, 0.1) is 5.41 Å². The van der Waals surface area contributed by atoms with Gasteiger partial charge in [-0.1, -0.05) is 19.9 Å². The van der Waals surface area contributed by atoms with Gasteiger partial charge < -0.3 is 15.3 Å². The third kappa shape index (κ3) is 4.34. The average molecular weight is 334 g/mol. The van der Waals surface area contributed by atoms with E-state index >= 15 is 0 Å². The minimum atomic E-state index is -1.06. The van der Waals surface area contributed by atoms with Crippen LogP contribution in [0.25, 0.3) is 0 Å². The number of carbonyl (C=O) groups excluding carboxylic acids is 2. The van der Waals surface area contributed by atoms with Gasteiger partial charge in [-0.25, -0.2) is 0 Å². The Morgan fingerprint density at radius 3 is 2.21 bits per heavy atom. The van der Waals surface area contributed by atoms with Gasteiger partial charge in [0.2, 0.25) is 5.91 Å². The molecule has 0 saturated carbocycles. The molecule has 2 N–H and O–H groups in total. The van der Waals surface area contributed by atoms with Crippen LogP contribution in [-0.2, 0) is 9.59 Å². The number of nitrogens with one attached hydrogen (secondary N) is 1. The van der Waals surface area contributed by atoms with Crippen molar-refractivity contribution >= 4 is 23.5 Å². The zero-order valence-electron chi connectivity index (χ0n) is 15.0. The van der Waals surface area contributed by atoms with Gasteiger partial charge in [-0.05, 0) is 37.5 Å². The summed E-state index contributed by atoms with van der Waals surface area (Å²) in [4.78, 5) is 37.4. The SMILES string of the molecule is CCC(CC)(CC(=O)Nc1ccc(C)c(C(=O)N(C)C)c1)C(=O)O. The van der Waals surface area contributed by atoms with Gasteiger partial charge in [0.15, 0.2) is 0 Å². The second-order valence-electron chi connectivity index (χ2n) is 6.25. The number of anilines is 1. The van der Waals surface area contributed by atoms with Crippen LogP contribution in [-0.4, -0.2) is 41.9 Å². The standard InChI is InChI=1S/C18H26N2O4/c1-6-18(7-2,17(23)24)11-15(21)19-13-9-8-12(3)14(10-13)16(22)20(4)5/h8-10H,6-7,11H2,1-5H3,(H,19,21)(H,23,24). The zero-order valence-corrected chi connectivity index (χ0v) is 15.0. The minimum Gasteiger partial charge on any atom is -0.481 e. The van der Waals surface area contributed by atoms with Gasteiger partial charge in [0, 0.05) is 31.8 Å². The summed E-state index contributed by atoms with van der Waals surface area (Å²) >= 11 is 0. The Hall–Kier alpha value is -2.37. The highest BCUT2D eigenvalue weighted by atomic mass is 16.4. The zero-order chi connectivity index (χ0) is 18.5. The molecule has 0 aromatic heterocycles. The molecule has 0 spiro atoms. The van der Waals surface area contributed by atoms with Crippen LogP contribution in [0.15, 0.2) is 18.2 Å². The largest absolute Gasteiger partial charge is 0.481 e. The molecule has 24 heavy (non-hydrogen) atoms. The highest BCUT2D eigenvalue weighted by Gasteiger charge is 2.37. The Morgan fingerprint density at radius 2 is 1.75 bits per heavy atom. The third-order valence-electron chi connectivity index (χ3n) is 4.46. The van der Waals surface area contributed by atoms with Crippen molar-refractivity contribution in [2.24, 2.45) is 5.41 Å². The van der Waals surface area contributed by atoms with E-state index in [-0.39, 0.29) is 18.2 Å². The van der Waals surface area contributed by atoms with E-state index in [2.05, 4.69) is 5.32 Å². The monoisotopic (exact) mass is 334 g/mol. The molecule has 0 saturated heterocycles. The molecule has 0 unspecified atom stereocenters. The molecule has 0 bridgehead atoms. The number of carboxylic acid groups (broad SMARTS) is 1. The van der Waals surface area contributed by atoms with Gasteiger partial charge in [-0.2, -0.15) is 0 Å². The Kier molecular flexibility index (Phi) is 6.51. The van der Waals surface area contributed by atoms with Crippen molar-refractivity contribution in [2.45, 2.75) is 40.0 Å². The number of rotatable bonds is 7. The number of benzene rings is 1. The number of aliphatic carboxylic acids is 1. The first kappa shape index (κ1) is 19.7. The van der Waals surface area contributed by atoms with Crippen molar-refractivity contribution in [3.63, 3.8) is 0 Å². The lowest BCUT2D eigenvalue weighted by Crippen LogP contribution is -2.34. The maximum atomic E-state index is 12.3. The second-order valence-corrected chi connectivity index (χ2v) is 6.25. The molecule has 0 fully saturated rings. The van der Waals surface area contributed by atoms with Crippen LogP contribution in [0.3, 0.4) is 0 Å². The van der Waals surface area contributed by atoms with Gasteiger partial charge >= 0.3 is 5.97 Å². The molecule has 132 valence electrons. The molecule has 6 nitrogen and oxygen atoms in total. The van der Waals surface area contributed by atoms with E-state index in [1.165, 1.54) is 4.90 Å². The van der Waals surface area contributed by atoms with Crippen molar-refractivity contribution in [3.8, 4) is 0 Å². The summed E-state index contributed by atoms with van der Waals surface area (Å²) in [6.07, 6.45) is 0.662. The van der Waals surface area contributed by atoms with Gasteiger partial charge in [-0.3, -0.25) is 14.4 Å². The molecule has 1 aromatic carbocycles. The fourth-order valence-electron chi connectivity index (χ4n) is 2.56. The lowest BCUT2D eigenvalue weighted by Gasteiger charge is -2.25. The Labute approximate surface area is 142 Å². The summed E-state index contributed by atoms with van der Waals surface area (Å²) in [6, 6.07) is 5.09. The Bertz CT molecular complexity index is 634. The molecule has 6 heteroatoms. The quantitative estimate of drug-likeness (QED) is 0.802. The van der Waals surface area contributed by atoms with E-state index in [0.717, 1.165) is 5.56 Å². The predicted octanol–water partition coefficient (Wildman–Crippen LogP) is 2.92. The van der Waals surface area contributed by atoms with Crippen LogP contribution in [0.4, 0.5) is 5.69 Å². The number of aryl methyl sites for hydroxylation is 1. The molecule has 2 amide bonds. The number of hydrogen-bond donors (Lipinski definition) is 2. The first-order chi connectivity index (χ1) is 11.2. The maximum Gasteiger partial charge on any atom is 0.310 e. The first-order valence-corrected chi connectivity index (χ1v) is 8.02. The molecule has 0 aliphatic rings. The molecule has 0 radical (unpaired) electrons. The van der Waals surface area contributed by atoms with Crippen LogP contribution >= 0.6 is 0 Å². The molecule has 0 heterocycles. The number of carbonyl (C=O) groups is 3. The average Bonchev–Trinajstić information content (AvgIpc) is 2.53. The lowest BCUT2D eigenvalue weighted by molar-refractivity contribution is -0.151. The lowest BCUT2D eigenvalue weighted by atomic mass is 9.79. The summed E-state index contributed by atoms with van der Waals surface area (Å²) in [5.41, 5.74) is 0.751. The third-order valence-corrected chi connectivity index (χ3v) is 4.46. The molecule has 1 aromatic rings. The van der Waals surface area contributed by atoms with Crippen LogP contribution in [0.2, 0.25) is 0 Å². The van der Waals surface area contributed by atoms with Crippen LogP contribution in [0.5, 0.6) is 0 Å². The topological polar surface area (TPSA) is 86.7 Å². The van der Waals surface area contributed by atoms with E-state index in [0.29, 0.717) is 24.1 Å². The van der Waals surface area contributed by atoms with E-state index in [1.807, 2.05) is 6.92 Å². The predicted molar refractivity (Wildman–Crippen MR) is 93.1 cm³/mol. The molecular formula is C18H26N2O4. The molecule has 0 aliphatic carbocycles. The highest BCUT2D eigenvalue weighted by molar-refractivity contribution is 5.99. The Balaban J connectivity index is 2.97. The summed E-state index contributed by atoms with van der Waals surface area (Å²) < 4.78 is 0. The fourth-order valence-corrected chi connectivity index (χ4v) is 2.56. The van der Waals surface area contributed by atoms with Gasteiger partial charge in [-0.15, -0.1) is 0 Å². The van der Waals surface area contributed by atoms with Crippen molar-refractivity contribution in [3.05, 3.63) is 29.3 Å². The number of hydrogen-bond acceptors (Lipinski definition) is 3. The van der Waals surface area contributed by atoms with E-state index in [1.54, 1.807) is 46.1 Å². The highest BCUT2D eigenvalue weighted by Crippen LogP contribution is 2.31. The molecule has 1 rings (SSSR count).